The molecule has 1 fully saturated rings. The maximum atomic E-state index is 3.62. The van der Waals surface area contributed by atoms with E-state index >= 15 is 0 Å². The average Bonchev–Trinajstić information content (AvgIpc) is 3.20. The molecule has 0 radical (unpaired) electrons. The van der Waals surface area contributed by atoms with Crippen molar-refractivity contribution in [1.29, 1.82) is 0 Å². The van der Waals surface area contributed by atoms with Gasteiger partial charge in [0.2, 0.25) is 0 Å². The predicted molar refractivity (Wildman–Crippen MR) is 109 cm³/mol. The molecule has 2 aliphatic carbocycles. The highest BCUT2D eigenvalue weighted by Gasteiger charge is 2.38. The molecule has 1 aliphatic heterocycles. The number of nitrogens with one attached hydrogen (secondary N) is 1. The van der Waals surface area contributed by atoms with Crippen molar-refractivity contribution in [3.05, 3.63) is 47.7 Å². The third-order valence-electron chi connectivity index (χ3n) is 6.54. The van der Waals surface area contributed by atoms with Gasteiger partial charge in [-0.3, -0.25) is 0 Å². The molecule has 1 heteroatoms. The number of hydrogen-bond acceptors (Lipinski definition) is 0. The van der Waals surface area contributed by atoms with E-state index in [0.717, 1.165) is 5.92 Å². The maximum Gasteiger partial charge on any atom is 0.0504 e. The highest BCUT2D eigenvalue weighted by Crippen LogP contribution is 2.51. The summed E-state index contributed by atoms with van der Waals surface area (Å²) in [5, 5.41) is 2.92. The molecule has 0 bridgehead atoms. The van der Waals surface area contributed by atoms with Crippen LogP contribution in [-0.4, -0.2) is 4.98 Å². The lowest BCUT2D eigenvalue weighted by molar-refractivity contribution is 0.328. The number of rotatable bonds is 2. The second kappa shape index (κ2) is 5.62. The van der Waals surface area contributed by atoms with Gasteiger partial charge in [0.25, 0.3) is 0 Å². The van der Waals surface area contributed by atoms with Crippen LogP contribution >= 0.6 is 0 Å². The smallest absolute Gasteiger partial charge is 0.0504 e. The van der Waals surface area contributed by atoms with Crippen LogP contribution in [-0.2, 0) is 10.8 Å². The molecule has 0 saturated heterocycles. The van der Waals surface area contributed by atoms with Gasteiger partial charge in [-0.2, -0.15) is 0 Å². The zero-order valence-electron chi connectivity index (χ0n) is 16.4. The molecule has 3 aliphatic rings. The fourth-order valence-corrected chi connectivity index (χ4v) is 5.18. The average molecular weight is 334 g/mol. The lowest BCUT2D eigenvalue weighted by Crippen LogP contribution is -2.27. The van der Waals surface area contributed by atoms with E-state index in [1.165, 1.54) is 58.8 Å². The van der Waals surface area contributed by atoms with Crippen LogP contribution in [0.15, 0.2) is 36.5 Å². The van der Waals surface area contributed by atoms with Crippen LogP contribution in [0.25, 0.3) is 22.0 Å². The Morgan fingerprint density at radius 1 is 0.920 bits per heavy atom. The Morgan fingerprint density at radius 3 is 2.32 bits per heavy atom. The number of pyridine rings is 1. The Balaban J connectivity index is 2.07. The van der Waals surface area contributed by atoms with E-state index in [0.29, 0.717) is 0 Å². The van der Waals surface area contributed by atoms with Gasteiger partial charge in [0.15, 0.2) is 0 Å². The molecule has 0 aromatic heterocycles. The first kappa shape index (κ1) is 16.7. The largest absolute Gasteiger partial charge is 0.361 e. The van der Waals surface area contributed by atoms with E-state index in [-0.39, 0.29) is 10.8 Å². The van der Waals surface area contributed by atoms with Crippen LogP contribution in [0.5, 0.6) is 0 Å². The van der Waals surface area contributed by atoms with Crippen LogP contribution < -0.4 is 0 Å². The van der Waals surface area contributed by atoms with E-state index in [9.17, 15) is 0 Å². The van der Waals surface area contributed by atoms with Crippen molar-refractivity contribution < 1.29 is 0 Å². The SMILES string of the molecule is CC(C)(C)c1cccc2c(C(C)(C)C3CCCC3)c3[nH]cccc-3c12. The lowest BCUT2D eigenvalue weighted by Gasteiger charge is -2.33. The van der Waals surface area contributed by atoms with Gasteiger partial charge in [0.1, 0.15) is 0 Å². The topological polar surface area (TPSA) is 15.8 Å². The first-order valence-electron chi connectivity index (χ1n) is 9.84. The van der Waals surface area contributed by atoms with Gasteiger partial charge in [-0.05, 0) is 57.6 Å². The minimum atomic E-state index is 0.144. The zero-order valence-corrected chi connectivity index (χ0v) is 16.4. The van der Waals surface area contributed by atoms with Crippen LogP contribution in [0, 0.1) is 5.92 Å². The first-order valence-corrected chi connectivity index (χ1v) is 9.84. The van der Waals surface area contributed by atoms with Crippen LogP contribution in [0.3, 0.4) is 0 Å². The Hall–Kier alpha value is -1.76. The molecule has 1 aromatic carbocycles. The summed E-state index contributed by atoms with van der Waals surface area (Å²) >= 11 is 0. The molecule has 0 spiro atoms. The number of benzene rings is 1. The molecular weight excluding hydrogens is 302 g/mol. The minimum Gasteiger partial charge on any atom is -0.361 e. The van der Waals surface area contributed by atoms with E-state index in [4.69, 9.17) is 0 Å². The van der Waals surface area contributed by atoms with Gasteiger partial charge in [-0.1, -0.05) is 71.7 Å². The van der Waals surface area contributed by atoms with Gasteiger partial charge in [-0.15, -0.1) is 0 Å². The Kier molecular flexibility index (Phi) is 3.76. The standard InChI is InChI=1S/C24H31N/c1-23(2,3)19-14-8-12-17-20(19)18-13-9-15-25-22(18)21(17)24(4,5)16-10-6-7-11-16/h8-9,12-16,25H,6-7,10-11H2,1-5H3. The van der Waals surface area contributed by atoms with E-state index in [2.05, 4.69) is 76.1 Å². The molecular formula is C24H31N. The predicted octanol–water partition coefficient (Wildman–Crippen LogP) is 7.04. The van der Waals surface area contributed by atoms with Gasteiger partial charge < -0.3 is 4.98 Å². The molecule has 132 valence electrons. The van der Waals surface area contributed by atoms with Gasteiger partial charge in [-0.25, -0.2) is 0 Å². The Labute approximate surface area is 152 Å². The molecule has 4 rings (SSSR count). The summed E-state index contributed by atoms with van der Waals surface area (Å²) in [4.78, 5) is 3.62. The third-order valence-corrected chi connectivity index (χ3v) is 6.54. The highest BCUT2D eigenvalue weighted by atomic mass is 14.7. The monoisotopic (exact) mass is 333 g/mol. The van der Waals surface area contributed by atoms with Crippen molar-refractivity contribution in [1.82, 2.24) is 4.98 Å². The summed E-state index contributed by atoms with van der Waals surface area (Å²) in [6, 6.07) is 11.4. The van der Waals surface area contributed by atoms with Gasteiger partial charge in [0, 0.05) is 11.8 Å². The molecule has 1 aromatic rings. The number of aromatic nitrogens is 1. The summed E-state index contributed by atoms with van der Waals surface area (Å²) in [6.07, 6.45) is 7.61. The van der Waals surface area contributed by atoms with Crippen molar-refractivity contribution >= 4 is 10.8 Å². The molecule has 0 atom stereocenters. The fourth-order valence-electron chi connectivity index (χ4n) is 5.18. The van der Waals surface area contributed by atoms with Crippen molar-refractivity contribution in [3.63, 3.8) is 0 Å². The molecule has 0 unspecified atom stereocenters. The van der Waals surface area contributed by atoms with Crippen LogP contribution in [0.4, 0.5) is 0 Å². The van der Waals surface area contributed by atoms with Crippen LogP contribution in [0.2, 0.25) is 0 Å². The number of fused-ring (bicyclic) bond motifs is 3. The summed E-state index contributed by atoms with van der Waals surface area (Å²) in [5.74, 6) is 0.785. The number of hydrogen-bond donors (Lipinski definition) is 1. The first-order chi connectivity index (χ1) is 11.8. The highest BCUT2D eigenvalue weighted by molar-refractivity contribution is 6.07. The quantitative estimate of drug-likeness (QED) is 0.517. The normalized spacial score (nSPS) is 17.0. The summed E-state index contributed by atoms with van der Waals surface area (Å²) in [7, 11) is 0. The molecule has 1 saturated carbocycles. The molecule has 1 heterocycles. The van der Waals surface area contributed by atoms with Crippen molar-refractivity contribution in [2.75, 3.05) is 0 Å². The molecule has 1 nitrogen and oxygen atoms in total. The van der Waals surface area contributed by atoms with Gasteiger partial charge in [0.05, 0.1) is 5.69 Å². The number of H-pyrrole nitrogens is 1. The van der Waals surface area contributed by atoms with Crippen molar-refractivity contribution in [3.8, 4) is 11.3 Å². The number of aromatic amines is 1. The van der Waals surface area contributed by atoms with Crippen molar-refractivity contribution in [2.24, 2.45) is 5.92 Å². The van der Waals surface area contributed by atoms with E-state index in [1.807, 2.05) is 0 Å². The summed E-state index contributed by atoms with van der Waals surface area (Å²) in [5.41, 5.74) is 6.09. The minimum absolute atomic E-state index is 0.144. The van der Waals surface area contributed by atoms with Gasteiger partial charge >= 0.3 is 0 Å². The molecule has 0 amide bonds. The van der Waals surface area contributed by atoms with Crippen LogP contribution in [0.1, 0.15) is 71.4 Å². The van der Waals surface area contributed by atoms with E-state index < -0.39 is 0 Å². The second-order valence-corrected chi connectivity index (χ2v) is 9.51. The second-order valence-electron chi connectivity index (χ2n) is 9.51. The molecule has 25 heavy (non-hydrogen) atoms. The Morgan fingerprint density at radius 2 is 1.64 bits per heavy atom. The Bertz CT molecular complexity index is 869. The maximum absolute atomic E-state index is 3.62. The van der Waals surface area contributed by atoms with Crippen molar-refractivity contribution in [2.45, 2.75) is 71.1 Å². The lowest BCUT2D eigenvalue weighted by atomic mass is 9.71. The third kappa shape index (κ3) is 2.51. The molecule has 1 N–H and O–H groups in total. The fraction of sp³-hybridized carbons (Fsp3) is 0.500. The summed E-state index contributed by atoms with van der Waals surface area (Å²) < 4.78 is 0. The zero-order chi connectivity index (χ0) is 17.8. The van der Waals surface area contributed by atoms with E-state index in [1.54, 1.807) is 0 Å². The summed E-state index contributed by atoms with van der Waals surface area (Å²) in [6.45, 7) is 11.9.